The number of hydrogen-bond acceptors (Lipinski definition) is 3. The van der Waals surface area contributed by atoms with E-state index >= 15 is 0 Å². The topological polar surface area (TPSA) is 66.5 Å². The summed E-state index contributed by atoms with van der Waals surface area (Å²) in [5, 5.41) is 17.7. The lowest BCUT2D eigenvalue weighted by Crippen LogP contribution is -2.16. The average molecular weight is 167 g/mol. The average Bonchev–Trinajstić information content (AvgIpc) is 2.16. The molecule has 0 saturated carbocycles. The first-order chi connectivity index (χ1) is 5.79. The molecular weight excluding hydrogens is 154 g/mol. The third kappa shape index (κ3) is 1.82. The Morgan fingerprint density at radius 1 is 1.25 bits per heavy atom. The molecule has 0 aliphatic rings. The Bertz CT molecular complexity index is 250. The molecule has 1 aromatic carbocycles. The van der Waals surface area contributed by atoms with Crippen LogP contribution in [0.15, 0.2) is 24.3 Å². The van der Waals surface area contributed by atoms with Crippen LogP contribution in [0.4, 0.5) is 0 Å². The van der Waals surface area contributed by atoms with E-state index in [4.69, 9.17) is 15.9 Å². The smallest absolute Gasteiger partial charge is 0.0685 e. The number of hydrogen-bond donors (Lipinski definition) is 3. The summed E-state index contributed by atoms with van der Waals surface area (Å²) in [6.07, 6.45) is 0. The summed E-state index contributed by atoms with van der Waals surface area (Å²) in [7, 11) is 0. The van der Waals surface area contributed by atoms with Gasteiger partial charge >= 0.3 is 0 Å². The second-order valence-electron chi connectivity index (χ2n) is 2.65. The van der Waals surface area contributed by atoms with Crippen molar-refractivity contribution in [3.63, 3.8) is 0 Å². The Morgan fingerprint density at radius 2 is 1.92 bits per heavy atom. The Balaban J connectivity index is 2.96. The Hall–Kier alpha value is -0.900. The maximum absolute atomic E-state index is 8.93. The number of aliphatic hydroxyl groups excluding tert-OH is 2. The van der Waals surface area contributed by atoms with E-state index in [1.165, 1.54) is 0 Å². The highest BCUT2D eigenvalue weighted by molar-refractivity contribution is 5.29. The summed E-state index contributed by atoms with van der Waals surface area (Å²) in [5.74, 6) is 0. The van der Waals surface area contributed by atoms with Crippen molar-refractivity contribution >= 4 is 0 Å². The quantitative estimate of drug-likeness (QED) is 0.601. The van der Waals surface area contributed by atoms with Crippen LogP contribution in [0.3, 0.4) is 0 Å². The molecule has 0 aliphatic heterocycles. The third-order valence-electron chi connectivity index (χ3n) is 1.82. The van der Waals surface area contributed by atoms with Crippen LogP contribution in [-0.4, -0.2) is 16.8 Å². The standard InChI is InChI=1S/C9H13NO2/c10-9(6-12)8-4-2-1-3-7(8)5-11/h1-4,9,11-12H,5-6,10H2/t9-/m0/s1. The van der Waals surface area contributed by atoms with Crippen molar-refractivity contribution < 1.29 is 10.2 Å². The SMILES string of the molecule is N[C@@H](CO)c1ccccc1CO. The fraction of sp³-hybridized carbons (Fsp3) is 0.333. The molecule has 0 radical (unpaired) electrons. The zero-order chi connectivity index (χ0) is 8.97. The minimum atomic E-state index is -0.395. The maximum atomic E-state index is 8.93. The van der Waals surface area contributed by atoms with E-state index in [2.05, 4.69) is 0 Å². The van der Waals surface area contributed by atoms with E-state index in [9.17, 15) is 0 Å². The largest absolute Gasteiger partial charge is 0.394 e. The van der Waals surface area contributed by atoms with Crippen molar-refractivity contribution in [2.75, 3.05) is 6.61 Å². The van der Waals surface area contributed by atoms with Gasteiger partial charge in [-0.15, -0.1) is 0 Å². The molecule has 1 rings (SSSR count). The number of aliphatic hydroxyl groups is 2. The van der Waals surface area contributed by atoms with Gasteiger partial charge in [-0.2, -0.15) is 0 Å². The Kier molecular flexibility index (Phi) is 3.22. The van der Waals surface area contributed by atoms with E-state index < -0.39 is 6.04 Å². The van der Waals surface area contributed by atoms with E-state index in [0.717, 1.165) is 11.1 Å². The molecule has 0 aromatic heterocycles. The Morgan fingerprint density at radius 3 is 2.50 bits per heavy atom. The number of nitrogens with two attached hydrogens (primary N) is 1. The Labute approximate surface area is 71.5 Å². The van der Waals surface area contributed by atoms with Crippen LogP contribution in [0.1, 0.15) is 17.2 Å². The maximum Gasteiger partial charge on any atom is 0.0685 e. The minimum absolute atomic E-state index is 0.0378. The summed E-state index contributed by atoms with van der Waals surface area (Å²) in [5.41, 5.74) is 7.19. The van der Waals surface area contributed by atoms with Crippen molar-refractivity contribution in [1.82, 2.24) is 0 Å². The van der Waals surface area contributed by atoms with E-state index in [1.807, 2.05) is 18.2 Å². The first-order valence-corrected chi connectivity index (χ1v) is 3.84. The lowest BCUT2D eigenvalue weighted by atomic mass is 10.0. The monoisotopic (exact) mass is 167 g/mol. The van der Waals surface area contributed by atoms with Crippen molar-refractivity contribution in [2.45, 2.75) is 12.6 Å². The van der Waals surface area contributed by atoms with Crippen molar-refractivity contribution in [1.29, 1.82) is 0 Å². The molecular formula is C9H13NO2. The van der Waals surface area contributed by atoms with Crippen molar-refractivity contribution in [3.8, 4) is 0 Å². The molecule has 0 bridgehead atoms. The molecule has 0 heterocycles. The summed E-state index contributed by atoms with van der Waals surface area (Å²) < 4.78 is 0. The summed E-state index contributed by atoms with van der Waals surface area (Å²) >= 11 is 0. The van der Waals surface area contributed by atoms with Gasteiger partial charge in [-0.05, 0) is 11.1 Å². The van der Waals surface area contributed by atoms with Gasteiger partial charge in [-0.1, -0.05) is 24.3 Å². The van der Waals surface area contributed by atoms with Gasteiger partial charge < -0.3 is 15.9 Å². The van der Waals surface area contributed by atoms with Gasteiger partial charge in [-0.25, -0.2) is 0 Å². The molecule has 3 nitrogen and oxygen atoms in total. The lowest BCUT2D eigenvalue weighted by Gasteiger charge is -2.12. The number of benzene rings is 1. The molecule has 66 valence electrons. The van der Waals surface area contributed by atoms with Gasteiger partial charge in [0, 0.05) is 0 Å². The second-order valence-corrected chi connectivity index (χ2v) is 2.65. The molecule has 1 atom stereocenters. The van der Waals surface area contributed by atoms with Gasteiger partial charge in [0.25, 0.3) is 0 Å². The van der Waals surface area contributed by atoms with E-state index in [1.54, 1.807) is 6.07 Å². The van der Waals surface area contributed by atoms with Crippen LogP contribution < -0.4 is 5.73 Å². The van der Waals surface area contributed by atoms with Crippen molar-refractivity contribution in [3.05, 3.63) is 35.4 Å². The predicted molar refractivity (Wildman–Crippen MR) is 46.4 cm³/mol. The van der Waals surface area contributed by atoms with Gasteiger partial charge in [0.15, 0.2) is 0 Å². The molecule has 0 spiro atoms. The van der Waals surface area contributed by atoms with Crippen LogP contribution in [-0.2, 0) is 6.61 Å². The van der Waals surface area contributed by atoms with Gasteiger partial charge in [0.2, 0.25) is 0 Å². The van der Waals surface area contributed by atoms with Crippen LogP contribution >= 0.6 is 0 Å². The van der Waals surface area contributed by atoms with Crippen LogP contribution in [0.25, 0.3) is 0 Å². The van der Waals surface area contributed by atoms with Crippen LogP contribution in [0.5, 0.6) is 0 Å². The second kappa shape index (κ2) is 4.21. The van der Waals surface area contributed by atoms with Gasteiger partial charge in [0.05, 0.1) is 19.3 Å². The normalized spacial score (nSPS) is 12.9. The van der Waals surface area contributed by atoms with Crippen LogP contribution in [0.2, 0.25) is 0 Å². The zero-order valence-corrected chi connectivity index (χ0v) is 6.77. The lowest BCUT2D eigenvalue weighted by molar-refractivity contribution is 0.259. The van der Waals surface area contributed by atoms with Crippen LogP contribution in [0, 0.1) is 0 Å². The molecule has 0 aliphatic carbocycles. The highest BCUT2D eigenvalue weighted by Crippen LogP contribution is 2.15. The zero-order valence-electron chi connectivity index (χ0n) is 6.77. The molecule has 0 amide bonds. The minimum Gasteiger partial charge on any atom is -0.394 e. The molecule has 3 heteroatoms. The molecule has 12 heavy (non-hydrogen) atoms. The van der Waals surface area contributed by atoms with E-state index in [0.29, 0.717) is 0 Å². The molecule has 0 unspecified atom stereocenters. The summed E-state index contributed by atoms with van der Waals surface area (Å²) in [6, 6.07) is 6.88. The van der Waals surface area contributed by atoms with Gasteiger partial charge in [0.1, 0.15) is 0 Å². The van der Waals surface area contributed by atoms with Gasteiger partial charge in [-0.3, -0.25) is 0 Å². The molecule has 4 N–H and O–H groups in total. The highest BCUT2D eigenvalue weighted by Gasteiger charge is 2.07. The van der Waals surface area contributed by atoms with E-state index in [-0.39, 0.29) is 13.2 Å². The fourth-order valence-corrected chi connectivity index (χ4v) is 1.14. The first-order valence-electron chi connectivity index (χ1n) is 3.84. The summed E-state index contributed by atoms with van der Waals surface area (Å²) in [4.78, 5) is 0. The third-order valence-corrected chi connectivity index (χ3v) is 1.82. The van der Waals surface area contributed by atoms with Crippen molar-refractivity contribution in [2.24, 2.45) is 5.73 Å². The number of rotatable bonds is 3. The predicted octanol–water partition coefficient (Wildman–Crippen LogP) is 0.171. The molecule has 1 aromatic rings. The summed E-state index contributed by atoms with van der Waals surface area (Å²) in [6.45, 7) is -0.138. The highest BCUT2D eigenvalue weighted by atomic mass is 16.3. The first kappa shape index (κ1) is 9.19. The fourth-order valence-electron chi connectivity index (χ4n) is 1.14. The molecule has 0 fully saturated rings. The molecule has 0 saturated heterocycles.